The topological polar surface area (TPSA) is 44.8 Å². The van der Waals surface area contributed by atoms with Crippen LogP contribution < -0.4 is 14.2 Å². The smallest absolute Gasteiger partial charge is 0.311 e. The summed E-state index contributed by atoms with van der Waals surface area (Å²) in [5.74, 6) is 1.59. The van der Waals surface area contributed by atoms with Crippen molar-refractivity contribution in [2.45, 2.75) is 52.1 Å². The molecule has 110 valence electrons. The molecular weight excluding hydrogens is 256 g/mol. The summed E-state index contributed by atoms with van der Waals surface area (Å²) in [6, 6.07) is 3.67. The molecule has 0 N–H and O–H groups in total. The summed E-state index contributed by atoms with van der Waals surface area (Å²) >= 11 is 0. The van der Waals surface area contributed by atoms with Gasteiger partial charge in [-0.3, -0.25) is 4.79 Å². The van der Waals surface area contributed by atoms with Crippen LogP contribution in [0, 0.1) is 0 Å². The Kier molecular flexibility index (Phi) is 4.21. The third-order valence-electron chi connectivity index (χ3n) is 3.41. The van der Waals surface area contributed by atoms with Gasteiger partial charge in [-0.15, -0.1) is 0 Å². The number of carbonyl (C=O) groups excluding carboxylic acids is 1. The minimum Gasteiger partial charge on any atom is -0.493 e. The quantitative estimate of drug-likeness (QED) is 0.624. The molecule has 0 saturated heterocycles. The second kappa shape index (κ2) is 5.73. The van der Waals surface area contributed by atoms with Crippen molar-refractivity contribution in [1.29, 1.82) is 0 Å². The molecule has 0 aliphatic carbocycles. The molecule has 0 saturated carbocycles. The van der Waals surface area contributed by atoms with Crippen molar-refractivity contribution in [3.63, 3.8) is 0 Å². The molecule has 0 unspecified atom stereocenters. The average molecular weight is 278 g/mol. The molecule has 20 heavy (non-hydrogen) atoms. The van der Waals surface area contributed by atoms with Crippen molar-refractivity contribution in [3.05, 3.63) is 17.7 Å². The number of benzene rings is 1. The van der Waals surface area contributed by atoms with Gasteiger partial charge < -0.3 is 14.2 Å². The molecule has 0 bridgehead atoms. The second-order valence-corrected chi connectivity index (χ2v) is 5.70. The Labute approximate surface area is 120 Å². The van der Waals surface area contributed by atoms with Gasteiger partial charge in [0.25, 0.3) is 0 Å². The molecule has 0 radical (unpaired) electrons. The lowest BCUT2D eigenvalue weighted by atomic mass is 9.94. The summed E-state index contributed by atoms with van der Waals surface area (Å²) in [6.45, 7) is 6.08. The molecule has 1 aliphatic heterocycles. The molecule has 2 rings (SSSR count). The van der Waals surface area contributed by atoms with Crippen LogP contribution in [0.5, 0.6) is 17.2 Å². The van der Waals surface area contributed by atoms with Gasteiger partial charge in [-0.25, -0.2) is 0 Å². The maximum absolute atomic E-state index is 11.6. The van der Waals surface area contributed by atoms with Crippen LogP contribution in [0.4, 0.5) is 0 Å². The standard InChI is InChI=1S/C16H22O4/c1-5-6-15(17)19-14-9-11-7-8-16(2,3)20-12(11)10-13(14)18-4/h9-10H,5-8H2,1-4H3. The number of esters is 1. The number of carbonyl (C=O) groups is 1. The first-order valence-electron chi connectivity index (χ1n) is 7.06. The van der Waals surface area contributed by atoms with Gasteiger partial charge in [0.1, 0.15) is 11.4 Å². The van der Waals surface area contributed by atoms with E-state index in [1.54, 1.807) is 7.11 Å². The minimum absolute atomic E-state index is 0.168. The van der Waals surface area contributed by atoms with Crippen molar-refractivity contribution < 1.29 is 19.0 Å². The van der Waals surface area contributed by atoms with Crippen LogP contribution in [0.25, 0.3) is 0 Å². The molecule has 4 nitrogen and oxygen atoms in total. The normalized spacial score (nSPS) is 16.0. The SMILES string of the molecule is CCCC(=O)Oc1cc2c(cc1OC)OC(C)(C)CC2. The predicted molar refractivity (Wildman–Crippen MR) is 76.6 cm³/mol. The lowest BCUT2D eigenvalue weighted by Crippen LogP contribution is -2.32. The molecule has 0 spiro atoms. The summed E-state index contributed by atoms with van der Waals surface area (Å²) in [4.78, 5) is 11.6. The summed E-state index contributed by atoms with van der Waals surface area (Å²) in [5.41, 5.74) is 0.891. The molecule has 1 aliphatic rings. The fourth-order valence-electron chi connectivity index (χ4n) is 2.28. The van der Waals surface area contributed by atoms with Crippen LogP contribution in [0.2, 0.25) is 0 Å². The third-order valence-corrected chi connectivity index (χ3v) is 3.41. The number of aryl methyl sites for hydroxylation is 1. The Bertz CT molecular complexity index is 505. The van der Waals surface area contributed by atoms with Gasteiger partial charge in [0, 0.05) is 12.5 Å². The third kappa shape index (κ3) is 3.24. The number of hydrogen-bond acceptors (Lipinski definition) is 4. The van der Waals surface area contributed by atoms with Crippen LogP contribution in [0.3, 0.4) is 0 Å². The monoisotopic (exact) mass is 278 g/mol. The molecule has 0 atom stereocenters. The Morgan fingerprint density at radius 1 is 1.35 bits per heavy atom. The van der Waals surface area contributed by atoms with E-state index in [9.17, 15) is 4.79 Å². The highest BCUT2D eigenvalue weighted by atomic mass is 16.6. The summed E-state index contributed by atoms with van der Waals surface area (Å²) in [7, 11) is 1.56. The van der Waals surface area contributed by atoms with Crippen LogP contribution >= 0.6 is 0 Å². The van der Waals surface area contributed by atoms with Crippen LogP contribution in [0.15, 0.2) is 12.1 Å². The first kappa shape index (κ1) is 14.7. The maximum atomic E-state index is 11.6. The van der Waals surface area contributed by atoms with Crippen LogP contribution in [0.1, 0.15) is 45.6 Å². The van der Waals surface area contributed by atoms with Gasteiger partial charge in [0.05, 0.1) is 7.11 Å². The molecule has 0 aromatic heterocycles. The van der Waals surface area contributed by atoms with Crippen molar-refractivity contribution >= 4 is 5.97 Å². The molecule has 4 heteroatoms. The Hall–Kier alpha value is -1.71. The van der Waals surface area contributed by atoms with Crippen LogP contribution in [-0.2, 0) is 11.2 Å². The van der Waals surface area contributed by atoms with Crippen molar-refractivity contribution in [2.24, 2.45) is 0 Å². The minimum atomic E-state index is -0.234. The van der Waals surface area contributed by atoms with Crippen molar-refractivity contribution in [2.75, 3.05) is 7.11 Å². The fraction of sp³-hybridized carbons (Fsp3) is 0.562. The first-order chi connectivity index (χ1) is 9.45. The van der Waals surface area contributed by atoms with E-state index in [0.29, 0.717) is 17.9 Å². The number of methoxy groups -OCH3 is 1. The zero-order valence-electron chi connectivity index (χ0n) is 12.6. The van der Waals surface area contributed by atoms with E-state index in [0.717, 1.165) is 30.6 Å². The average Bonchev–Trinajstić information content (AvgIpc) is 2.38. The zero-order valence-corrected chi connectivity index (χ0v) is 12.6. The van der Waals surface area contributed by atoms with Gasteiger partial charge in [0.2, 0.25) is 0 Å². The molecule has 0 fully saturated rings. The van der Waals surface area contributed by atoms with Gasteiger partial charge in [-0.1, -0.05) is 6.92 Å². The maximum Gasteiger partial charge on any atom is 0.311 e. The van der Waals surface area contributed by atoms with E-state index < -0.39 is 0 Å². The fourth-order valence-corrected chi connectivity index (χ4v) is 2.28. The Balaban J connectivity index is 2.28. The van der Waals surface area contributed by atoms with Crippen LogP contribution in [-0.4, -0.2) is 18.7 Å². The van der Waals surface area contributed by atoms with Crippen molar-refractivity contribution in [1.82, 2.24) is 0 Å². The molecule has 1 aromatic rings. The predicted octanol–water partition coefficient (Wildman–Crippen LogP) is 3.50. The molecule has 1 heterocycles. The molecule has 0 amide bonds. The summed E-state index contributed by atoms with van der Waals surface area (Å²) < 4.78 is 16.6. The lowest BCUT2D eigenvalue weighted by molar-refractivity contribution is -0.134. The first-order valence-corrected chi connectivity index (χ1v) is 7.06. The largest absolute Gasteiger partial charge is 0.493 e. The van der Waals surface area contributed by atoms with Crippen molar-refractivity contribution in [3.8, 4) is 17.2 Å². The second-order valence-electron chi connectivity index (χ2n) is 5.70. The Morgan fingerprint density at radius 2 is 2.10 bits per heavy atom. The van der Waals surface area contributed by atoms with Gasteiger partial charge in [0.15, 0.2) is 11.5 Å². The van der Waals surface area contributed by atoms with Gasteiger partial charge in [-0.05, 0) is 44.7 Å². The molecular formula is C16H22O4. The number of fused-ring (bicyclic) bond motifs is 1. The lowest BCUT2D eigenvalue weighted by Gasteiger charge is -2.33. The highest BCUT2D eigenvalue weighted by Crippen LogP contribution is 2.40. The Morgan fingerprint density at radius 3 is 2.75 bits per heavy atom. The van der Waals surface area contributed by atoms with E-state index >= 15 is 0 Å². The van der Waals surface area contributed by atoms with E-state index in [4.69, 9.17) is 14.2 Å². The van der Waals surface area contributed by atoms with E-state index in [1.807, 2.05) is 19.1 Å². The van der Waals surface area contributed by atoms with E-state index in [1.165, 1.54) is 0 Å². The van der Waals surface area contributed by atoms with Gasteiger partial charge >= 0.3 is 5.97 Å². The number of hydrogen-bond donors (Lipinski definition) is 0. The summed E-state index contributed by atoms with van der Waals surface area (Å²) in [6.07, 6.45) is 3.02. The van der Waals surface area contributed by atoms with Gasteiger partial charge in [-0.2, -0.15) is 0 Å². The van der Waals surface area contributed by atoms with E-state index in [2.05, 4.69) is 13.8 Å². The zero-order chi connectivity index (χ0) is 14.8. The van der Waals surface area contributed by atoms with E-state index in [-0.39, 0.29) is 11.6 Å². The number of ether oxygens (including phenoxy) is 3. The highest BCUT2D eigenvalue weighted by molar-refractivity contribution is 5.73. The number of rotatable bonds is 4. The summed E-state index contributed by atoms with van der Waals surface area (Å²) in [5, 5.41) is 0. The highest BCUT2D eigenvalue weighted by Gasteiger charge is 2.28. The molecule has 1 aromatic carbocycles.